The highest BCUT2D eigenvalue weighted by Gasteiger charge is 2.13. The second kappa shape index (κ2) is 6.78. The molecule has 0 spiro atoms. The molecule has 1 aromatic carbocycles. The maximum atomic E-state index is 6.01. The topological polar surface area (TPSA) is 47.7 Å². The van der Waals surface area contributed by atoms with Crippen molar-refractivity contribution in [2.75, 3.05) is 34.4 Å². The number of likely N-dealkylation sites (N-methyl/N-ethyl adjacent to an activating group) is 1. The third kappa shape index (κ3) is 5.49. The molecular weight excluding hydrogens is 240 g/mol. The fraction of sp³-hybridized carbons (Fsp3) is 0.600. The maximum Gasteiger partial charge on any atom is 0.160 e. The highest BCUT2D eigenvalue weighted by Crippen LogP contribution is 2.27. The van der Waals surface area contributed by atoms with E-state index in [4.69, 9.17) is 15.2 Å². The van der Waals surface area contributed by atoms with Crippen LogP contribution in [0.25, 0.3) is 0 Å². The third-order valence-corrected chi connectivity index (χ3v) is 2.91. The lowest BCUT2D eigenvalue weighted by molar-refractivity contribution is 0.272. The number of hydrogen-bond donors (Lipinski definition) is 1. The van der Waals surface area contributed by atoms with Crippen molar-refractivity contribution in [3.05, 3.63) is 23.8 Å². The molecular formula is C15H26N2O2. The van der Waals surface area contributed by atoms with Crippen molar-refractivity contribution in [1.82, 2.24) is 4.90 Å². The van der Waals surface area contributed by atoms with E-state index < -0.39 is 0 Å². The lowest BCUT2D eigenvalue weighted by Crippen LogP contribution is -2.44. The summed E-state index contributed by atoms with van der Waals surface area (Å²) in [6, 6.07) is 6.05. The van der Waals surface area contributed by atoms with Crippen LogP contribution in [0.5, 0.6) is 11.5 Å². The summed E-state index contributed by atoms with van der Waals surface area (Å²) in [7, 11) is 5.40. The Morgan fingerprint density at radius 3 is 2.32 bits per heavy atom. The highest BCUT2D eigenvalue weighted by molar-refractivity contribution is 5.42. The lowest BCUT2D eigenvalue weighted by atomic mass is 10.1. The molecule has 4 heteroatoms. The van der Waals surface area contributed by atoms with Crippen LogP contribution in [0, 0.1) is 0 Å². The molecule has 0 fully saturated rings. The molecule has 108 valence electrons. The molecule has 0 aliphatic heterocycles. The summed E-state index contributed by atoms with van der Waals surface area (Å²) in [5, 5.41) is 0. The molecule has 0 aliphatic carbocycles. The number of methoxy groups -OCH3 is 2. The summed E-state index contributed by atoms with van der Waals surface area (Å²) in [5.41, 5.74) is 7.09. The van der Waals surface area contributed by atoms with Gasteiger partial charge < -0.3 is 20.1 Å². The van der Waals surface area contributed by atoms with Crippen LogP contribution in [0.2, 0.25) is 0 Å². The van der Waals surface area contributed by atoms with E-state index in [0.717, 1.165) is 31.0 Å². The smallest absolute Gasteiger partial charge is 0.160 e. The van der Waals surface area contributed by atoms with Gasteiger partial charge in [0.25, 0.3) is 0 Å². The summed E-state index contributed by atoms with van der Waals surface area (Å²) < 4.78 is 10.5. The van der Waals surface area contributed by atoms with E-state index in [2.05, 4.69) is 18.0 Å². The zero-order valence-corrected chi connectivity index (χ0v) is 12.7. The van der Waals surface area contributed by atoms with Gasteiger partial charge in [-0.3, -0.25) is 0 Å². The third-order valence-electron chi connectivity index (χ3n) is 2.91. The molecule has 1 rings (SSSR count). The molecule has 0 radical (unpaired) electrons. The first-order valence-corrected chi connectivity index (χ1v) is 6.54. The van der Waals surface area contributed by atoms with Crippen LogP contribution in [0.15, 0.2) is 18.2 Å². The van der Waals surface area contributed by atoms with Crippen LogP contribution in [0.4, 0.5) is 0 Å². The molecule has 0 aliphatic rings. The normalized spacial score (nSPS) is 11.7. The van der Waals surface area contributed by atoms with Crippen molar-refractivity contribution in [2.24, 2.45) is 5.73 Å². The van der Waals surface area contributed by atoms with Gasteiger partial charge in [0.1, 0.15) is 0 Å². The molecule has 4 nitrogen and oxygen atoms in total. The molecule has 0 bridgehead atoms. The van der Waals surface area contributed by atoms with E-state index in [1.54, 1.807) is 14.2 Å². The first-order valence-electron chi connectivity index (χ1n) is 6.54. The molecule has 0 unspecified atom stereocenters. The van der Waals surface area contributed by atoms with Crippen molar-refractivity contribution in [3.63, 3.8) is 0 Å². The second-order valence-electron chi connectivity index (χ2n) is 5.67. The van der Waals surface area contributed by atoms with E-state index in [0.29, 0.717) is 0 Å². The van der Waals surface area contributed by atoms with Crippen LogP contribution < -0.4 is 15.2 Å². The molecule has 0 heterocycles. The number of nitrogens with zero attached hydrogens (tertiary/aromatic N) is 1. The predicted molar refractivity (Wildman–Crippen MR) is 79.0 cm³/mol. The van der Waals surface area contributed by atoms with Gasteiger partial charge in [-0.05, 0) is 45.0 Å². The quantitative estimate of drug-likeness (QED) is 0.819. The molecule has 1 aromatic rings. The van der Waals surface area contributed by atoms with Crippen LogP contribution >= 0.6 is 0 Å². The monoisotopic (exact) mass is 266 g/mol. The minimum atomic E-state index is -0.160. The average Bonchev–Trinajstić information content (AvgIpc) is 2.33. The molecule has 0 saturated carbocycles. The van der Waals surface area contributed by atoms with Gasteiger partial charge in [-0.2, -0.15) is 0 Å². The van der Waals surface area contributed by atoms with Crippen LogP contribution in [-0.2, 0) is 6.42 Å². The van der Waals surface area contributed by atoms with Gasteiger partial charge in [-0.25, -0.2) is 0 Å². The minimum Gasteiger partial charge on any atom is -0.493 e. The second-order valence-corrected chi connectivity index (χ2v) is 5.67. The van der Waals surface area contributed by atoms with E-state index in [-0.39, 0.29) is 5.54 Å². The fourth-order valence-electron chi connectivity index (χ4n) is 2.13. The summed E-state index contributed by atoms with van der Waals surface area (Å²) in [5.74, 6) is 1.55. The number of rotatable bonds is 7. The SMILES string of the molecule is COc1ccc(CCN(C)CC(C)(C)N)cc1OC. The van der Waals surface area contributed by atoms with Crippen molar-refractivity contribution in [1.29, 1.82) is 0 Å². The van der Waals surface area contributed by atoms with E-state index in [1.165, 1.54) is 5.56 Å². The average molecular weight is 266 g/mol. The summed E-state index contributed by atoms with van der Waals surface area (Å²) in [4.78, 5) is 2.25. The molecule has 2 N–H and O–H groups in total. The molecule has 0 amide bonds. The van der Waals surface area contributed by atoms with Gasteiger partial charge >= 0.3 is 0 Å². The number of nitrogens with two attached hydrogens (primary N) is 1. The van der Waals surface area contributed by atoms with Crippen molar-refractivity contribution in [3.8, 4) is 11.5 Å². The van der Waals surface area contributed by atoms with Gasteiger partial charge in [-0.15, -0.1) is 0 Å². The Hall–Kier alpha value is -1.26. The van der Waals surface area contributed by atoms with Crippen LogP contribution in [0.1, 0.15) is 19.4 Å². The maximum absolute atomic E-state index is 6.01. The van der Waals surface area contributed by atoms with Gasteiger partial charge in [0, 0.05) is 18.6 Å². The Labute approximate surface area is 116 Å². The Morgan fingerprint density at radius 2 is 1.79 bits per heavy atom. The van der Waals surface area contributed by atoms with Crippen molar-refractivity contribution >= 4 is 0 Å². The van der Waals surface area contributed by atoms with Gasteiger partial charge in [0.05, 0.1) is 14.2 Å². The number of benzene rings is 1. The molecule has 0 saturated heterocycles. The first kappa shape index (κ1) is 15.8. The molecule has 0 aromatic heterocycles. The van der Waals surface area contributed by atoms with Gasteiger partial charge in [-0.1, -0.05) is 6.07 Å². The predicted octanol–water partition coefficient (Wildman–Crippen LogP) is 1.92. The summed E-state index contributed by atoms with van der Waals surface area (Å²) in [6.07, 6.45) is 0.965. The van der Waals surface area contributed by atoms with E-state index in [1.807, 2.05) is 26.0 Å². The Balaban J connectivity index is 2.58. The molecule has 0 atom stereocenters. The summed E-state index contributed by atoms with van der Waals surface area (Å²) in [6.45, 7) is 5.93. The minimum absolute atomic E-state index is 0.160. The van der Waals surface area contributed by atoms with Gasteiger partial charge in [0.2, 0.25) is 0 Å². The molecule has 19 heavy (non-hydrogen) atoms. The highest BCUT2D eigenvalue weighted by atomic mass is 16.5. The number of ether oxygens (including phenoxy) is 2. The first-order chi connectivity index (χ1) is 8.85. The van der Waals surface area contributed by atoms with E-state index >= 15 is 0 Å². The van der Waals surface area contributed by atoms with Crippen LogP contribution in [-0.4, -0.2) is 44.8 Å². The summed E-state index contributed by atoms with van der Waals surface area (Å²) >= 11 is 0. The standard InChI is InChI=1S/C15H26N2O2/c1-15(2,16)11-17(3)9-8-12-6-7-13(18-4)14(10-12)19-5/h6-7,10H,8-9,11,16H2,1-5H3. The lowest BCUT2D eigenvalue weighted by Gasteiger charge is -2.26. The van der Waals surface area contributed by atoms with Crippen molar-refractivity contribution in [2.45, 2.75) is 25.8 Å². The van der Waals surface area contributed by atoms with Gasteiger partial charge in [0.15, 0.2) is 11.5 Å². The van der Waals surface area contributed by atoms with E-state index in [9.17, 15) is 0 Å². The Kier molecular flexibility index (Phi) is 5.63. The zero-order valence-electron chi connectivity index (χ0n) is 12.7. The van der Waals surface area contributed by atoms with Crippen molar-refractivity contribution < 1.29 is 9.47 Å². The fourth-order valence-corrected chi connectivity index (χ4v) is 2.13. The van der Waals surface area contributed by atoms with Crippen LogP contribution in [0.3, 0.4) is 0 Å². The Morgan fingerprint density at radius 1 is 1.16 bits per heavy atom. The Bertz CT molecular complexity index is 400. The zero-order chi connectivity index (χ0) is 14.5. The number of hydrogen-bond acceptors (Lipinski definition) is 4. The largest absolute Gasteiger partial charge is 0.493 e.